The van der Waals surface area contributed by atoms with Crippen molar-refractivity contribution in [1.82, 2.24) is 0 Å². The molecule has 3 rings (SSSR count). The van der Waals surface area contributed by atoms with Crippen molar-refractivity contribution in [2.24, 2.45) is 0 Å². The number of benzene rings is 2. The van der Waals surface area contributed by atoms with Crippen LogP contribution >= 0.6 is 0 Å². The number of rotatable bonds is 4. The maximum atomic E-state index is 12.9. The summed E-state index contributed by atoms with van der Waals surface area (Å²) in [7, 11) is -3.77. The summed E-state index contributed by atoms with van der Waals surface area (Å²) in [5.41, 5.74) is 1.89. The average molecular weight is 348 g/mol. The molecule has 2 aromatic carbocycles. The number of fused-ring (bicyclic) bond motifs is 1. The third-order valence-corrected chi connectivity index (χ3v) is 5.34. The molecule has 0 saturated carbocycles. The number of amides is 1. The van der Waals surface area contributed by atoms with Crippen LogP contribution in [0.4, 0.5) is 15.8 Å². The van der Waals surface area contributed by atoms with E-state index in [1.54, 1.807) is 24.0 Å². The molecule has 5 nitrogen and oxygen atoms in total. The number of nitrogens with zero attached hydrogens (tertiary/aromatic N) is 1. The number of sulfonamides is 1. The average Bonchev–Trinajstić information content (AvgIpc) is 2.99. The quantitative estimate of drug-likeness (QED) is 0.924. The number of hydrogen-bond acceptors (Lipinski definition) is 3. The van der Waals surface area contributed by atoms with Crippen molar-refractivity contribution in [3.8, 4) is 0 Å². The summed E-state index contributed by atoms with van der Waals surface area (Å²) in [5, 5.41) is 0. The molecule has 1 N–H and O–H groups in total. The summed E-state index contributed by atoms with van der Waals surface area (Å²) in [6.07, 6.45) is 1.03. The molecule has 1 aliphatic rings. The lowest BCUT2D eigenvalue weighted by Gasteiger charge is -2.16. The Morgan fingerprint density at radius 3 is 2.58 bits per heavy atom. The molecule has 7 heteroatoms. The maximum absolute atomic E-state index is 12.9. The predicted octanol–water partition coefficient (Wildman–Crippen LogP) is 2.93. The second kappa shape index (κ2) is 6.24. The van der Waals surface area contributed by atoms with Gasteiger partial charge in [0.15, 0.2) is 0 Å². The number of nitrogens with one attached hydrogen (secondary N) is 1. The van der Waals surface area contributed by atoms with Gasteiger partial charge in [-0.15, -0.1) is 0 Å². The lowest BCUT2D eigenvalue weighted by molar-refractivity contribution is -0.118. The lowest BCUT2D eigenvalue weighted by atomic mass is 10.2. The smallest absolute Gasteiger partial charge is 0.261 e. The minimum absolute atomic E-state index is 0.0220. The van der Waals surface area contributed by atoms with Gasteiger partial charge in [-0.1, -0.05) is 6.92 Å². The largest absolute Gasteiger partial charge is 0.312 e. The molecule has 1 heterocycles. The van der Waals surface area contributed by atoms with Crippen molar-refractivity contribution in [3.05, 3.63) is 53.8 Å². The fourth-order valence-corrected chi connectivity index (χ4v) is 3.84. The van der Waals surface area contributed by atoms with E-state index >= 15 is 0 Å². The van der Waals surface area contributed by atoms with Crippen LogP contribution in [-0.2, 0) is 21.2 Å². The van der Waals surface area contributed by atoms with Gasteiger partial charge >= 0.3 is 0 Å². The normalized spacial score (nSPS) is 13.7. The van der Waals surface area contributed by atoms with Gasteiger partial charge in [0.2, 0.25) is 5.91 Å². The van der Waals surface area contributed by atoms with E-state index in [4.69, 9.17) is 0 Å². The summed E-state index contributed by atoms with van der Waals surface area (Å²) < 4.78 is 40.3. The number of carbonyl (C=O) groups excluding carboxylic acids is 1. The molecular formula is C17H17FN2O3S. The van der Waals surface area contributed by atoms with Crippen molar-refractivity contribution in [1.29, 1.82) is 0 Å². The highest BCUT2D eigenvalue weighted by Gasteiger charge is 2.25. The molecule has 1 aliphatic heterocycles. The van der Waals surface area contributed by atoms with E-state index in [9.17, 15) is 17.6 Å². The fourth-order valence-electron chi connectivity index (χ4n) is 2.73. The van der Waals surface area contributed by atoms with E-state index in [2.05, 4.69) is 4.72 Å². The van der Waals surface area contributed by atoms with Crippen LogP contribution in [0.15, 0.2) is 47.4 Å². The highest BCUT2D eigenvalue weighted by molar-refractivity contribution is 7.92. The minimum Gasteiger partial charge on any atom is -0.312 e. The van der Waals surface area contributed by atoms with E-state index in [0.29, 0.717) is 25.1 Å². The molecular weight excluding hydrogens is 331 g/mol. The Labute approximate surface area is 140 Å². The van der Waals surface area contributed by atoms with Crippen LogP contribution in [0.1, 0.15) is 18.9 Å². The first-order valence-corrected chi connectivity index (χ1v) is 9.10. The molecule has 0 unspecified atom stereocenters. The third kappa shape index (κ3) is 3.12. The number of hydrogen-bond donors (Lipinski definition) is 1. The van der Waals surface area contributed by atoms with Crippen molar-refractivity contribution >= 4 is 27.3 Å². The van der Waals surface area contributed by atoms with Crippen LogP contribution in [0.3, 0.4) is 0 Å². The van der Waals surface area contributed by atoms with Gasteiger partial charge in [0, 0.05) is 24.3 Å². The fraction of sp³-hybridized carbons (Fsp3) is 0.235. The van der Waals surface area contributed by atoms with Crippen LogP contribution in [0.2, 0.25) is 0 Å². The number of carbonyl (C=O) groups is 1. The Bertz CT molecular complexity index is 879. The lowest BCUT2D eigenvalue weighted by Crippen LogP contribution is -2.27. The van der Waals surface area contributed by atoms with Crippen LogP contribution in [0.5, 0.6) is 0 Å². The zero-order valence-corrected chi connectivity index (χ0v) is 13.9. The molecule has 0 aromatic heterocycles. The van der Waals surface area contributed by atoms with Crippen LogP contribution in [0, 0.1) is 5.82 Å². The van der Waals surface area contributed by atoms with E-state index in [1.165, 1.54) is 30.3 Å². The first-order chi connectivity index (χ1) is 11.4. The summed E-state index contributed by atoms with van der Waals surface area (Å²) in [4.78, 5) is 13.7. The molecule has 0 fully saturated rings. The van der Waals surface area contributed by atoms with Gasteiger partial charge < -0.3 is 4.90 Å². The van der Waals surface area contributed by atoms with Crippen molar-refractivity contribution in [3.63, 3.8) is 0 Å². The van der Waals surface area contributed by atoms with Gasteiger partial charge in [-0.05, 0) is 54.4 Å². The Morgan fingerprint density at radius 1 is 1.21 bits per heavy atom. The van der Waals surface area contributed by atoms with E-state index in [-0.39, 0.29) is 10.8 Å². The van der Waals surface area contributed by atoms with Crippen molar-refractivity contribution < 1.29 is 17.6 Å². The second-order valence-corrected chi connectivity index (χ2v) is 7.23. The van der Waals surface area contributed by atoms with Gasteiger partial charge in [0.1, 0.15) is 5.82 Å². The monoisotopic (exact) mass is 348 g/mol. The molecule has 1 amide bonds. The topological polar surface area (TPSA) is 66.5 Å². The highest BCUT2D eigenvalue weighted by Crippen LogP contribution is 2.31. The zero-order valence-electron chi connectivity index (χ0n) is 13.1. The number of halogens is 1. The van der Waals surface area contributed by atoms with Crippen LogP contribution in [0.25, 0.3) is 0 Å². The summed E-state index contributed by atoms with van der Waals surface area (Å²) in [5.74, 6) is -0.412. The SMILES string of the molecule is CCC(=O)N1CCc2cc(S(=O)(=O)Nc3ccc(F)cc3)ccc21. The first-order valence-electron chi connectivity index (χ1n) is 7.62. The van der Waals surface area contributed by atoms with E-state index in [1.807, 2.05) is 0 Å². The molecule has 0 spiro atoms. The van der Waals surface area contributed by atoms with Gasteiger partial charge in [0.05, 0.1) is 4.90 Å². The van der Waals surface area contributed by atoms with E-state index in [0.717, 1.165) is 11.3 Å². The molecule has 0 bridgehead atoms. The van der Waals surface area contributed by atoms with Gasteiger partial charge in [-0.2, -0.15) is 0 Å². The van der Waals surface area contributed by atoms with Gasteiger partial charge in [-0.3, -0.25) is 9.52 Å². The zero-order chi connectivity index (χ0) is 17.3. The molecule has 0 atom stereocenters. The second-order valence-electron chi connectivity index (χ2n) is 5.55. The Hall–Kier alpha value is -2.41. The van der Waals surface area contributed by atoms with Crippen molar-refractivity contribution in [2.75, 3.05) is 16.2 Å². The molecule has 0 aliphatic carbocycles. The third-order valence-electron chi connectivity index (χ3n) is 3.96. The Kier molecular flexibility index (Phi) is 4.28. The molecule has 0 radical (unpaired) electrons. The molecule has 126 valence electrons. The Morgan fingerprint density at radius 2 is 1.92 bits per heavy atom. The predicted molar refractivity (Wildman–Crippen MR) is 90.0 cm³/mol. The van der Waals surface area contributed by atoms with Crippen LogP contribution in [-0.4, -0.2) is 20.9 Å². The minimum atomic E-state index is -3.77. The number of anilines is 2. The van der Waals surface area contributed by atoms with Gasteiger partial charge in [-0.25, -0.2) is 12.8 Å². The molecule has 24 heavy (non-hydrogen) atoms. The first kappa shape index (κ1) is 16.4. The van der Waals surface area contributed by atoms with Crippen molar-refractivity contribution in [2.45, 2.75) is 24.7 Å². The summed E-state index contributed by atoms with van der Waals surface area (Å²) >= 11 is 0. The molecule has 0 saturated heterocycles. The summed E-state index contributed by atoms with van der Waals surface area (Å²) in [6, 6.07) is 9.83. The summed E-state index contributed by atoms with van der Waals surface area (Å²) in [6.45, 7) is 2.36. The van der Waals surface area contributed by atoms with E-state index < -0.39 is 15.8 Å². The standard InChI is InChI=1S/C17H17FN2O3S/c1-2-17(21)20-10-9-12-11-15(7-8-16(12)20)24(22,23)19-14-5-3-13(18)4-6-14/h3-8,11,19H,2,9-10H2,1H3. The Balaban J connectivity index is 1.87. The molecule has 2 aromatic rings. The maximum Gasteiger partial charge on any atom is 0.261 e. The van der Waals surface area contributed by atoms with Gasteiger partial charge in [0.25, 0.3) is 10.0 Å². The van der Waals surface area contributed by atoms with Crippen LogP contribution < -0.4 is 9.62 Å². The highest BCUT2D eigenvalue weighted by atomic mass is 32.2.